The van der Waals surface area contributed by atoms with Gasteiger partial charge >= 0.3 is 0 Å². The van der Waals surface area contributed by atoms with Gasteiger partial charge in [0.1, 0.15) is 17.3 Å². The summed E-state index contributed by atoms with van der Waals surface area (Å²) in [5.74, 6) is 2.58. The molecule has 0 bridgehead atoms. The number of pyridine rings is 1. The van der Waals surface area contributed by atoms with Crippen LogP contribution in [-0.2, 0) is 6.42 Å². The molecule has 0 unspecified atom stereocenters. The lowest BCUT2D eigenvalue weighted by atomic mass is 10.1. The Kier molecular flexibility index (Phi) is 6.64. The van der Waals surface area contributed by atoms with Crippen LogP contribution in [0.15, 0.2) is 90.6 Å². The summed E-state index contributed by atoms with van der Waals surface area (Å²) >= 11 is 7.70. The number of anilines is 2. The molecule has 186 valence electrons. The van der Waals surface area contributed by atoms with Gasteiger partial charge in [-0.15, -0.1) is 21.5 Å². The standard InChI is InChI=1S/C29H21ClN6OS/c1-2-26-31-15-13-24(34-26)23-8-5-14-32-29(23)37-20-11-9-19(10-12-20)33-28-22-7-4-3-6-21(22)27(35-36-28)25-16-18(30)17-38-25/h3-17H,2H2,1H3,(H,33,36). The number of thiophene rings is 1. The van der Waals surface area contributed by atoms with E-state index >= 15 is 0 Å². The summed E-state index contributed by atoms with van der Waals surface area (Å²) in [6, 6.07) is 23.3. The second-order valence-electron chi connectivity index (χ2n) is 8.39. The van der Waals surface area contributed by atoms with Gasteiger partial charge in [-0.05, 0) is 48.5 Å². The van der Waals surface area contributed by atoms with E-state index in [1.807, 2.05) is 85.1 Å². The number of fused-ring (bicyclic) bond motifs is 1. The Morgan fingerprint density at radius 1 is 0.895 bits per heavy atom. The Balaban J connectivity index is 1.25. The van der Waals surface area contributed by atoms with E-state index in [4.69, 9.17) is 16.3 Å². The van der Waals surface area contributed by atoms with Gasteiger partial charge in [0, 0.05) is 40.7 Å². The number of halogens is 1. The molecule has 0 amide bonds. The predicted molar refractivity (Wildman–Crippen MR) is 152 cm³/mol. The largest absolute Gasteiger partial charge is 0.438 e. The number of hydrogen-bond acceptors (Lipinski definition) is 8. The highest BCUT2D eigenvalue weighted by molar-refractivity contribution is 7.14. The fourth-order valence-corrected chi connectivity index (χ4v) is 5.13. The van der Waals surface area contributed by atoms with Gasteiger partial charge in [-0.3, -0.25) is 0 Å². The normalized spacial score (nSPS) is 11.0. The predicted octanol–water partition coefficient (Wildman–Crippen LogP) is 7.96. The van der Waals surface area contributed by atoms with Gasteiger partial charge < -0.3 is 10.1 Å². The summed E-state index contributed by atoms with van der Waals surface area (Å²) in [5.41, 5.74) is 3.25. The first-order valence-electron chi connectivity index (χ1n) is 12.0. The summed E-state index contributed by atoms with van der Waals surface area (Å²) in [5, 5.41) is 16.9. The second kappa shape index (κ2) is 10.5. The molecule has 0 radical (unpaired) electrons. The highest BCUT2D eigenvalue weighted by atomic mass is 35.5. The second-order valence-corrected chi connectivity index (χ2v) is 9.74. The first kappa shape index (κ1) is 24.0. The van der Waals surface area contributed by atoms with Crippen molar-refractivity contribution in [2.24, 2.45) is 0 Å². The van der Waals surface area contributed by atoms with Crippen molar-refractivity contribution < 1.29 is 4.74 Å². The lowest BCUT2D eigenvalue weighted by Crippen LogP contribution is -1.99. The third-order valence-corrected chi connectivity index (χ3v) is 7.17. The fraction of sp³-hybridized carbons (Fsp3) is 0.0690. The maximum atomic E-state index is 6.15. The van der Waals surface area contributed by atoms with Crippen molar-refractivity contribution in [2.45, 2.75) is 13.3 Å². The molecule has 6 aromatic rings. The Morgan fingerprint density at radius 2 is 1.74 bits per heavy atom. The summed E-state index contributed by atoms with van der Waals surface area (Å²) in [7, 11) is 0. The van der Waals surface area contributed by atoms with Crippen molar-refractivity contribution in [3.05, 3.63) is 101 Å². The van der Waals surface area contributed by atoms with Crippen LogP contribution in [0.1, 0.15) is 12.7 Å². The van der Waals surface area contributed by atoms with E-state index in [9.17, 15) is 0 Å². The minimum Gasteiger partial charge on any atom is -0.438 e. The Hall–Kier alpha value is -4.40. The van der Waals surface area contributed by atoms with Crippen molar-refractivity contribution >= 4 is 45.2 Å². The Morgan fingerprint density at radius 3 is 2.53 bits per heavy atom. The number of ether oxygens (including phenoxy) is 1. The smallest absolute Gasteiger partial charge is 0.228 e. The fourth-order valence-electron chi connectivity index (χ4n) is 4.06. The van der Waals surface area contributed by atoms with Crippen molar-refractivity contribution in [2.75, 3.05) is 5.32 Å². The number of hydrogen-bond donors (Lipinski definition) is 1. The lowest BCUT2D eigenvalue weighted by molar-refractivity contribution is 0.465. The molecule has 7 nitrogen and oxygen atoms in total. The summed E-state index contributed by atoms with van der Waals surface area (Å²) < 4.78 is 6.14. The molecule has 9 heteroatoms. The van der Waals surface area contributed by atoms with E-state index in [0.29, 0.717) is 22.5 Å². The van der Waals surface area contributed by atoms with Gasteiger partial charge in [-0.2, -0.15) is 0 Å². The van der Waals surface area contributed by atoms with Gasteiger partial charge in [0.25, 0.3) is 0 Å². The van der Waals surface area contributed by atoms with Crippen LogP contribution in [0.4, 0.5) is 11.5 Å². The summed E-state index contributed by atoms with van der Waals surface area (Å²) in [4.78, 5) is 14.3. The Bertz CT molecular complexity index is 1740. The number of aromatic nitrogens is 5. The van der Waals surface area contributed by atoms with Gasteiger partial charge in [0.05, 0.1) is 21.2 Å². The molecule has 0 atom stereocenters. The molecule has 0 fully saturated rings. The number of benzene rings is 2. The molecular formula is C29H21ClN6OS. The molecule has 0 spiro atoms. The van der Waals surface area contributed by atoms with E-state index in [1.54, 1.807) is 23.7 Å². The van der Waals surface area contributed by atoms with Crippen LogP contribution >= 0.6 is 22.9 Å². The first-order valence-corrected chi connectivity index (χ1v) is 13.3. The molecule has 2 aromatic carbocycles. The molecule has 4 aromatic heterocycles. The molecule has 6 rings (SSSR count). The minimum absolute atomic E-state index is 0.482. The van der Waals surface area contributed by atoms with Gasteiger partial charge in [-0.1, -0.05) is 42.8 Å². The lowest BCUT2D eigenvalue weighted by Gasteiger charge is -2.12. The van der Waals surface area contributed by atoms with Gasteiger partial charge in [0.2, 0.25) is 5.88 Å². The van der Waals surface area contributed by atoms with E-state index in [2.05, 4.69) is 30.5 Å². The highest BCUT2D eigenvalue weighted by Gasteiger charge is 2.14. The molecule has 0 saturated carbocycles. The van der Waals surface area contributed by atoms with Crippen LogP contribution in [-0.4, -0.2) is 25.1 Å². The Labute approximate surface area is 228 Å². The van der Waals surface area contributed by atoms with E-state index in [0.717, 1.165) is 50.5 Å². The zero-order valence-electron chi connectivity index (χ0n) is 20.3. The SMILES string of the molecule is CCc1nccc(-c2cccnc2Oc2ccc(Nc3nnc(-c4cc(Cl)cs4)c4ccccc34)cc2)n1. The van der Waals surface area contributed by atoms with E-state index < -0.39 is 0 Å². The quantitative estimate of drug-likeness (QED) is 0.221. The first-order chi connectivity index (χ1) is 18.7. The zero-order valence-corrected chi connectivity index (χ0v) is 21.9. The molecule has 0 aliphatic rings. The molecule has 0 saturated heterocycles. The third-order valence-electron chi connectivity index (χ3n) is 5.89. The van der Waals surface area contributed by atoms with E-state index in [-0.39, 0.29) is 0 Å². The van der Waals surface area contributed by atoms with Crippen molar-refractivity contribution in [1.29, 1.82) is 0 Å². The molecule has 1 N–H and O–H groups in total. The molecule has 0 aliphatic carbocycles. The van der Waals surface area contributed by atoms with Crippen LogP contribution in [0.25, 0.3) is 32.6 Å². The van der Waals surface area contributed by atoms with Crippen LogP contribution in [0.3, 0.4) is 0 Å². The van der Waals surface area contributed by atoms with Crippen LogP contribution in [0.2, 0.25) is 5.02 Å². The molecule has 0 aliphatic heterocycles. The summed E-state index contributed by atoms with van der Waals surface area (Å²) in [6.45, 7) is 2.03. The number of aryl methyl sites for hydroxylation is 1. The minimum atomic E-state index is 0.482. The van der Waals surface area contributed by atoms with Gasteiger partial charge in [-0.25, -0.2) is 15.0 Å². The average molecular weight is 537 g/mol. The molecule has 4 heterocycles. The van der Waals surface area contributed by atoms with Crippen molar-refractivity contribution in [3.8, 4) is 33.5 Å². The number of rotatable bonds is 7. The van der Waals surface area contributed by atoms with Crippen LogP contribution in [0, 0.1) is 0 Å². The maximum absolute atomic E-state index is 6.15. The van der Waals surface area contributed by atoms with Crippen molar-refractivity contribution in [3.63, 3.8) is 0 Å². The van der Waals surface area contributed by atoms with Crippen LogP contribution < -0.4 is 10.1 Å². The number of nitrogens with zero attached hydrogens (tertiary/aromatic N) is 5. The monoisotopic (exact) mass is 536 g/mol. The number of nitrogens with one attached hydrogen (secondary N) is 1. The van der Waals surface area contributed by atoms with Crippen LogP contribution in [0.5, 0.6) is 11.6 Å². The highest BCUT2D eigenvalue weighted by Crippen LogP contribution is 2.36. The summed E-state index contributed by atoms with van der Waals surface area (Å²) in [6.07, 6.45) is 4.21. The molecule has 38 heavy (non-hydrogen) atoms. The van der Waals surface area contributed by atoms with Crippen molar-refractivity contribution in [1.82, 2.24) is 25.1 Å². The topological polar surface area (TPSA) is 85.7 Å². The van der Waals surface area contributed by atoms with E-state index in [1.165, 1.54) is 0 Å². The zero-order chi connectivity index (χ0) is 25.9. The molecular weight excluding hydrogens is 516 g/mol. The maximum Gasteiger partial charge on any atom is 0.228 e. The van der Waals surface area contributed by atoms with Gasteiger partial charge in [0.15, 0.2) is 5.82 Å². The average Bonchev–Trinajstić information content (AvgIpc) is 3.40. The third kappa shape index (κ3) is 4.91.